The molecule has 0 unspecified atom stereocenters. The van der Waals surface area contributed by atoms with Crippen molar-refractivity contribution in [2.75, 3.05) is 7.05 Å². The highest BCUT2D eigenvalue weighted by Crippen LogP contribution is 2.25. The molecule has 8 heteroatoms. The normalized spacial score (nSPS) is 11.5. The fourth-order valence-electron chi connectivity index (χ4n) is 1.47. The molecule has 2 N–H and O–H groups in total. The summed E-state index contributed by atoms with van der Waals surface area (Å²) in [6.07, 6.45) is -4.06. The molecule has 0 saturated carbocycles. The molecule has 0 aliphatic rings. The zero-order valence-corrected chi connectivity index (χ0v) is 10.4. The summed E-state index contributed by atoms with van der Waals surface area (Å²) in [5.41, 5.74) is 5.63. The number of amides is 2. The molecule has 0 radical (unpaired) electrons. The first kappa shape index (κ1) is 15.9. The van der Waals surface area contributed by atoms with E-state index < -0.39 is 24.2 Å². The topological polar surface area (TPSA) is 63.4 Å². The van der Waals surface area contributed by atoms with Crippen LogP contribution in [0.4, 0.5) is 17.6 Å². The average Bonchev–Trinajstić information content (AvgIpc) is 2.38. The fourth-order valence-corrected chi connectivity index (χ4v) is 1.47. The minimum Gasteiger partial charge on any atom is -0.366 e. The van der Waals surface area contributed by atoms with E-state index in [4.69, 9.17) is 5.73 Å². The second kappa shape index (κ2) is 5.89. The van der Waals surface area contributed by atoms with Crippen LogP contribution in [0.3, 0.4) is 0 Å². The van der Waals surface area contributed by atoms with Gasteiger partial charge in [0.15, 0.2) is 0 Å². The standard InChI is InChI=1S/C12H12F4N2O2/c1-18(11(20)12(15,16)10(13)14)6-7-2-4-8(5-3-7)9(17)19/h2-5,10H,6H2,1H3,(H2,17,19). The maximum Gasteiger partial charge on any atom is 0.383 e. The highest BCUT2D eigenvalue weighted by Gasteiger charge is 2.50. The van der Waals surface area contributed by atoms with Crippen LogP contribution < -0.4 is 5.73 Å². The van der Waals surface area contributed by atoms with Gasteiger partial charge in [-0.2, -0.15) is 8.78 Å². The predicted octanol–water partition coefficient (Wildman–Crippen LogP) is 1.64. The lowest BCUT2D eigenvalue weighted by Crippen LogP contribution is -2.45. The Morgan fingerprint density at radius 2 is 1.75 bits per heavy atom. The summed E-state index contributed by atoms with van der Waals surface area (Å²) in [4.78, 5) is 22.5. The van der Waals surface area contributed by atoms with Crippen LogP contribution in [0.25, 0.3) is 0 Å². The summed E-state index contributed by atoms with van der Waals surface area (Å²) in [5.74, 6) is -7.35. The van der Waals surface area contributed by atoms with Gasteiger partial charge in [0.2, 0.25) is 5.91 Å². The molecule has 4 nitrogen and oxygen atoms in total. The minimum absolute atomic E-state index is 0.209. The van der Waals surface area contributed by atoms with Gasteiger partial charge >= 0.3 is 12.3 Å². The largest absolute Gasteiger partial charge is 0.383 e. The highest BCUT2D eigenvalue weighted by atomic mass is 19.3. The molecule has 1 aromatic carbocycles. The Hall–Kier alpha value is -2.12. The van der Waals surface area contributed by atoms with Crippen molar-refractivity contribution in [3.8, 4) is 0 Å². The van der Waals surface area contributed by atoms with E-state index in [0.717, 1.165) is 7.05 Å². The lowest BCUT2D eigenvalue weighted by atomic mass is 10.1. The predicted molar refractivity (Wildman–Crippen MR) is 62.4 cm³/mol. The second-order valence-corrected chi connectivity index (χ2v) is 4.15. The summed E-state index contributed by atoms with van der Waals surface area (Å²) >= 11 is 0. The molecule has 1 aromatic rings. The van der Waals surface area contributed by atoms with Crippen LogP contribution >= 0.6 is 0 Å². The van der Waals surface area contributed by atoms with E-state index in [-0.39, 0.29) is 12.1 Å². The third-order valence-electron chi connectivity index (χ3n) is 2.56. The number of nitrogens with zero attached hydrogens (tertiary/aromatic N) is 1. The van der Waals surface area contributed by atoms with Crippen molar-refractivity contribution < 1.29 is 27.2 Å². The maximum atomic E-state index is 12.9. The van der Waals surface area contributed by atoms with Crippen LogP contribution in [-0.4, -0.2) is 36.1 Å². The summed E-state index contributed by atoms with van der Waals surface area (Å²) < 4.78 is 49.8. The Bertz CT molecular complexity index is 503. The third kappa shape index (κ3) is 3.46. The molecule has 0 fully saturated rings. The van der Waals surface area contributed by atoms with E-state index in [1.165, 1.54) is 24.3 Å². The number of carbonyl (C=O) groups is 2. The SMILES string of the molecule is CN(Cc1ccc(C(N)=O)cc1)C(=O)C(F)(F)C(F)F. The molecule has 20 heavy (non-hydrogen) atoms. The number of benzene rings is 1. The number of nitrogens with two attached hydrogens (primary N) is 1. The van der Waals surface area contributed by atoms with Gasteiger partial charge in [0.1, 0.15) is 0 Å². The molecule has 0 spiro atoms. The van der Waals surface area contributed by atoms with Crippen molar-refractivity contribution in [1.29, 1.82) is 0 Å². The molecule has 0 bridgehead atoms. The molecule has 0 atom stereocenters. The molecule has 0 heterocycles. The minimum atomic E-state index is -4.72. The number of carbonyl (C=O) groups excluding carboxylic acids is 2. The van der Waals surface area contributed by atoms with Crippen molar-refractivity contribution in [1.82, 2.24) is 4.90 Å². The van der Waals surface area contributed by atoms with Gasteiger partial charge in [-0.25, -0.2) is 8.78 Å². The first-order valence-corrected chi connectivity index (χ1v) is 5.46. The van der Waals surface area contributed by atoms with E-state index in [9.17, 15) is 27.2 Å². The maximum absolute atomic E-state index is 12.9. The molecule has 0 aliphatic heterocycles. The van der Waals surface area contributed by atoms with Gasteiger partial charge in [-0.05, 0) is 17.7 Å². The van der Waals surface area contributed by atoms with Gasteiger partial charge < -0.3 is 10.6 Å². The summed E-state index contributed by atoms with van der Waals surface area (Å²) in [5, 5.41) is 0. The van der Waals surface area contributed by atoms with E-state index in [1.807, 2.05) is 0 Å². The Kier molecular flexibility index (Phi) is 4.69. The van der Waals surface area contributed by atoms with Crippen molar-refractivity contribution >= 4 is 11.8 Å². The van der Waals surface area contributed by atoms with Gasteiger partial charge in [0.25, 0.3) is 5.91 Å². The highest BCUT2D eigenvalue weighted by molar-refractivity contribution is 5.92. The molecular formula is C12H12F4N2O2. The Balaban J connectivity index is 2.78. The number of alkyl halides is 4. The smallest absolute Gasteiger partial charge is 0.366 e. The number of rotatable bonds is 5. The van der Waals surface area contributed by atoms with Crippen molar-refractivity contribution in [2.45, 2.75) is 18.9 Å². The number of halogens is 4. The zero-order chi connectivity index (χ0) is 15.5. The summed E-state index contributed by atoms with van der Waals surface area (Å²) in [7, 11) is 0.987. The van der Waals surface area contributed by atoms with Crippen LogP contribution in [0.1, 0.15) is 15.9 Å². The molecule has 2 amide bonds. The van der Waals surface area contributed by atoms with Crippen LogP contribution in [0.5, 0.6) is 0 Å². The Morgan fingerprint density at radius 1 is 1.25 bits per heavy atom. The quantitative estimate of drug-likeness (QED) is 0.839. The lowest BCUT2D eigenvalue weighted by Gasteiger charge is -2.22. The van der Waals surface area contributed by atoms with E-state index >= 15 is 0 Å². The van der Waals surface area contributed by atoms with Gasteiger partial charge in [-0.1, -0.05) is 12.1 Å². The van der Waals surface area contributed by atoms with Crippen LogP contribution in [-0.2, 0) is 11.3 Å². The van der Waals surface area contributed by atoms with E-state index in [1.54, 1.807) is 0 Å². The monoisotopic (exact) mass is 292 g/mol. The Morgan fingerprint density at radius 3 is 2.15 bits per heavy atom. The molecule has 0 aromatic heterocycles. The summed E-state index contributed by atoms with van der Waals surface area (Å²) in [6.45, 7) is -0.291. The molecule has 1 rings (SSSR count). The lowest BCUT2D eigenvalue weighted by molar-refractivity contribution is -0.179. The summed E-state index contributed by atoms with van der Waals surface area (Å²) in [6, 6.07) is 5.48. The first-order valence-electron chi connectivity index (χ1n) is 5.46. The van der Waals surface area contributed by atoms with Crippen LogP contribution in [0.15, 0.2) is 24.3 Å². The van der Waals surface area contributed by atoms with Gasteiger partial charge in [-0.3, -0.25) is 9.59 Å². The van der Waals surface area contributed by atoms with Crippen molar-refractivity contribution in [3.63, 3.8) is 0 Å². The number of hydrogen-bond donors (Lipinski definition) is 1. The van der Waals surface area contributed by atoms with E-state index in [0.29, 0.717) is 10.5 Å². The number of primary amides is 1. The Labute approximate surface area is 112 Å². The van der Waals surface area contributed by atoms with Crippen molar-refractivity contribution in [3.05, 3.63) is 35.4 Å². The molecule has 0 aliphatic carbocycles. The van der Waals surface area contributed by atoms with E-state index in [2.05, 4.69) is 0 Å². The molecule has 110 valence electrons. The van der Waals surface area contributed by atoms with Gasteiger partial charge in [-0.15, -0.1) is 0 Å². The fraction of sp³-hybridized carbons (Fsp3) is 0.333. The second-order valence-electron chi connectivity index (χ2n) is 4.15. The van der Waals surface area contributed by atoms with Gasteiger partial charge in [0.05, 0.1) is 0 Å². The molecule has 0 saturated heterocycles. The molecular weight excluding hydrogens is 280 g/mol. The zero-order valence-electron chi connectivity index (χ0n) is 10.4. The first-order chi connectivity index (χ1) is 9.16. The van der Waals surface area contributed by atoms with Crippen molar-refractivity contribution in [2.24, 2.45) is 5.73 Å². The van der Waals surface area contributed by atoms with Crippen LogP contribution in [0.2, 0.25) is 0 Å². The third-order valence-corrected chi connectivity index (χ3v) is 2.56. The average molecular weight is 292 g/mol. The van der Waals surface area contributed by atoms with Crippen LogP contribution in [0, 0.1) is 0 Å². The number of hydrogen-bond acceptors (Lipinski definition) is 2. The van der Waals surface area contributed by atoms with Gasteiger partial charge in [0, 0.05) is 19.2 Å².